The summed E-state index contributed by atoms with van der Waals surface area (Å²) in [5.41, 5.74) is 0.481. The van der Waals surface area contributed by atoms with Crippen LogP contribution in [0.5, 0.6) is 0 Å². The van der Waals surface area contributed by atoms with Crippen molar-refractivity contribution >= 4 is 11.9 Å². The first-order valence-corrected chi connectivity index (χ1v) is 15.2. The molecule has 0 aromatic rings. The van der Waals surface area contributed by atoms with Gasteiger partial charge in [0.15, 0.2) is 0 Å². The maximum absolute atomic E-state index is 13.7. The molecule has 5 aliphatic rings. The van der Waals surface area contributed by atoms with Crippen molar-refractivity contribution in [1.29, 1.82) is 0 Å². The predicted molar refractivity (Wildman–Crippen MR) is 147 cm³/mol. The summed E-state index contributed by atoms with van der Waals surface area (Å²) in [6, 6.07) is 0. The van der Waals surface area contributed by atoms with Crippen LogP contribution in [0.1, 0.15) is 98.8 Å². The second-order valence-electron chi connectivity index (χ2n) is 15.1. The fourth-order valence-electron chi connectivity index (χ4n) is 11.9. The maximum Gasteiger partial charge on any atom is 0.322 e. The second kappa shape index (κ2) is 9.06. The summed E-state index contributed by atoms with van der Waals surface area (Å²) in [5, 5.41) is 33.5. The fourth-order valence-corrected chi connectivity index (χ4v) is 11.9. The van der Waals surface area contributed by atoms with E-state index in [0.29, 0.717) is 23.7 Å². The number of fused-ring (bicyclic) bond motifs is 7. The minimum atomic E-state index is -0.994. The highest BCUT2D eigenvalue weighted by Crippen LogP contribution is 2.77. The van der Waals surface area contributed by atoms with Crippen molar-refractivity contribution in [3.05, 3.63) is 12.2 Å². The Morgan fingerprint density at radius 3 is 2.24 bits per heavy atom. The van der Waals surface area contributed by atoms with Crippen molar-refractivity contribution in [3.8, 4) is 0 Å². The van der Waals surface area contributed by atoms with Crippen molar-refractivity contribution in [2.24, 2.45) is 56.7 Å². The van der Waals surface area contributed by atoms with E-state index < -0.39 is 22.9 Å². The molecule has 0 saturated heterocycles. The van der Waals surface area contributed by atoms with Gasteiger partial charge in [-0.05, 0) is 117 Å². The van der Waals surface area contributed by atoms with Gasteiger partial charge in [0.2, 0.25) is 5.91 Å². The molecule has 5 rings (SSSR count). The van der Waals surface area contributed by atoms with Crippen LogP contribution in [0.2, 0.25) is 0 Å². The van der Waals surface area contributed by atoms with E-state index >= 15 is 0 Å². The number of carboxylic acid groups (broad SMARTS) is 1. The number of aliphatic hydroxyl groups excluding tert-OH is 2. The molecular weight excluding hydrogens is 478 g/mol. The average molecular weight is 530 g/mol. The molecule has 0 radical (unpaired) electrons. The minimum Gasteiger partial charge on any atom is -0.480 e. The first-order valence-electron chi connectivity index (χ1n) is 15.2. The van der Waals surface area contributed by atoms with Gasteiger partial charge in [0.25, 0.3) is 0 Å². The van der Waals surface area contributed by atoms with Crippen LogP contribution < -0.4 is 5.32 Å². The SMILES string of the molecule is C=C(C)[C@@H]1CC[C@]2(C(=O)NCC(=O)O)CC[C@]3(C)[C@H](CC[C@@H]4[C@@]5(C)CC[C@H](O)[C@@](C)(CO)[C@@H]5CC[C@]43C)[C@@H]12. The molecule has 0 heterocycles. The smallest absolute Gasteiger partial charge is 0.322 e. The summed E-state index contributed by atoms with van der Waals surface area (Å²) in [4.78, 5) is 25.0. The number of aliphatic hydroxyl groups is 2. The summed E-state index contributed by atoms with van der Waals surface area (Å²) in [5.74, 6) is 0.672. The highest BCUT2D eigenvalue weighted by molar-refractivity contribution is 5.86. The Bertz CT molecular complexity index is 1010. The summed E-state index contributed by atoms with van der Waals surface area (Å²) < 4.78 is 0. The van der Waals surface area contributed by atoms with E-state index in [1.54, 1.807) is 0 Å². The van der Waals surface area contributed by atoms with Crippen LogP contribution in [0.15, 0.2) is 12.2 Å². The topological polar surface area (TPSA) is 107 Å². The number of amides is 1. The van der Waals surface area contributed by atoms with Crippen molar-refractivity contribution in [2.45, 2.75) is 105 Å². The molecule has 4 N–H and O–H groups in total. The van der Waals surface area contributed by atoms with Gasteiger partial charge in [-0.25, -0.2) is 0 Å². The molecule has 0 aliphatic heterocycles. The zero-order valence-electron chi connectivity index (χ0n) is 24.3. The zero-order chi connectivity index (χ0) is 27.9. The average Bonchev–Trinajstić information content (AvgIpc) is 3.27. The zero-order valence-corrected chi connectivity index (χ0v) is 24.3. The third-order valence-electron chi connectivity index (χ3n) is 14.0. The molecular formula is C32H51NO5. The normalized spacial score (nSPS) is 51.7. The van der Waals surface area contributed by atoms with E-state index in [2.05, 4.69) is 46.5 Å². The predicted octanol–water partition coefficient (Wildman–Crippen LogP) is 5.18. The van der Waals surface area contributed by atoms with Crippen LogP contribution in [0.3, 0.4) is 0 Å². The molecule has 11 atom stereocenters. The number of hydrogen-bond acceptors (Lipinski definition) is 4. The Kier molecular flexibility index (Phi) is 6.71. The largest absolute Gasteiger partial charge is 0.480 e. The number of hydrogen-bond donors (Lipinski definition) is 4. The van der Waals surface area contributed by atoms with E-state index in [1.807, 2.05) is 0 Å². The Hall–Kier alpha value is -1.40. The summed E-state index contributed by atoms with van der Waals surface area (Å²) in [7, 11) is 0. The van der Waals surface area contributed by atoms with Gasteiger partial charge in [0, 0.05) is 5.41 Å². The van der Waals surface area contributed by atoms with Crippen molar-refractivity contribution < 1.29 is 24.9 Å². The molecule has 0 aromatic carbocycles. The summed E-state index contributed by atoms with van der Waals surface area (Å²) in [6.07, 6.45) is 9.22. The highest BCUT2D eigenvalue weighted by atomic mass is 16.4. The van der Waals surface area contributed by atoms with E-state index in [0.717, 1.165) is 69.8 Å². The fraction of sp³-hybridized carbons (Fsp3) is 0.875. The minimum absolute atomic E-state index is 0.0358. The number of nitrogens with one attached hydrogen (secondary N) is 1. The molecule has 5 aliphatic carbocycles. The van der Waals surface area contributed by atoms with Crippen LogP contribution in [0.4, 0.5) is 0 Å². The molecule has 0 aromatic heterocycles. The third-order valence-corrected chi connectivity index (χ3v) is 14.0. The van der Waals surface area contributed by atoms with Gasteiger partial charge in [0.05, 0.1) is 18.1 Å². The van der Waals surface area contributed by atoms with Gasteiger partial charge in [-0.1, -0.05) is 39.8 Å². The van der Waals surface area contributed by atoms with Crippen LogP contribution in [-0.4, -0.2) is 46.5 Å². The van der Waals surface area contributed by atoms with Gasteiger partial charge < -0.3 is 20.6 Å². The number of allylic oxidation sites excluding steroid dienone is 1. The molecule has 6 nitrogen and oxygen atoms in total. The van der Waals surface area contributed by atoms with Crippen LogP contribution in [0.25, 0.3) is 0 Å². The van der Waals surface area contributed by atoms with Crippen LogP contribution in [-0.2, 0) is 9.59 Å². The quantitative estimate of drug-likeness (QED) is 0.367. The molecule has 214 valence electrons. The number of carbonyl (C=O) groups is 2. The van der Waals surface area contributed by atoms with Crippen molar-refractivity contribution in [3.63, 3.8) is 0 Å². The standard InChI is InChI=1S/C32H51NO5/c1-19(2)20-9-14-32(27(38)33-17-25(36)37)16-15-30(5)21(26(20)32)7-8-23-28(3)12-11-24(35)29(4,18-34)22(28)10-13-31(23,30)6/h20-24,26,34-35H,1,7-18H2,2-6H3,(H,33,38)(H,36,37)/t20-,21+,22+,23+,24-,26+,28-,29-,30+,31+,32-/m0/s1. The number of aliphatic carboxylic acids is 1. The van der Waals surface area contributed by atoms with Gasteiger partial charge in [-0.2, -0.15) is 0 Å². The molecule has 1 amide bonds. The first-order chi connectivity index (χ1) is 17.7. The Balaban J connectivity index is 1.53. The van der Waals surface area contributed by atoms with Gasteiger partial charge >= 0.3 is 5.97 Å². The van der Waals surface area contributed by atoms with Gasteiger partial charge in [-0.3, -0.25) is 9.59 Å². The molecule has 5 saturated carbocycles. The van der Waals surface area contributed by atoms with E-state index in [4.69, 9.17) is 0 Å². The molecule has 38 heavy (non-hydrogen) atoms. The van der Waals surface area contributed by atoms with Gasteiger partial charge in [0.1, 0.15) is 6.54 Å². The molecule has 0 bridgehead atoms. The molecule has 0 spiro atoms. The van der Waals surface area contributed by atoms with Crippen molar-refractivity contribution in [1.82, 2.24) is 5.32 Å². The van der Waals surface area contributed by atoms with Crippen molar-refractivity contribution in [2.75, 3.05) is 13.2 Å². The van der Waals surface area contributed by atoms with Crippen LogP contribution >= 0.6 is 0 Å². The third kappa shape index (κ3) is 3.50. The Labute approximate surface area is 229 Å². The molecule has 6 heteroatoms. The highest BCUT2D eigenvalue weighted by Gasteiger charge is 2.72. The summed E-state index contributed by atoms with van der Waals surface area (Å²) in [6.45, 7) is 15.8. The summed E-state index contributed by atoms with van der Waals surface area (Å²) >= 11 is 0. The van der Waals surface area contributed by atoms with E-state index in [-0.39, 0.29) is 41.2 Å². The lowest BCUT2D eigenvalue weighted by molar-refractivity contribution is -0.252. The van der Waals surface area contributed by atoms with Gasteiger partial charge in [-0.15, -0.1) is 0 Å². The molecule has 0 unspecified atom stereocenters. The second-order valence-corrected chi connectivity index (χ2v) is 15.1. The lowest BCUT2D eigenvalue weighted by Crippen LogP contribution is -2.68. The Morgan fingerprint density at radius 2 is 1.61 bits per heavy atom. The monoisotopic (exact) mass is 529 g/mol. The first kappa shape index (κ1) is 28.1. The van der Waals surface area contributed by atoms with E-state index in [9.17, 15) is 24.9 Å². The molecule has 5 fully saturated rings. The maximum atomic E-state index is 13.7. The lowest BCUT2D eigenvalue weighted by atomic mass is 9.32. The number of carbonyl (C=O) groups excluding carboxylic acids is 1. The lowest BCUT2D eigenvalue weighted by Gasteiger charge is -2.73. The Morgan fingerprint density at radius 1 is 0.895 bits per heavy atom. The number of rotatable bonds is 5. The number of carboxylic acids is 1. The van der Waals surface area contributed by atoms with Crippen LogP contribution in [0, 0.1) is 56.7 Å². The van der Waals surface area contributed by atoms with E-state index in [1.165, 1.54) is 0 Å².